The van der Waals surface area contributed by atoms with E-state index in [0.717, 1.165) is 18.2 Å². The van der Waals surface area contributed by atoms with Crippen LogP contribution < -0.4 is 0 Å². The van der Waals surface area contributed by atoms with Gasteiger partial charge >= 0.3 is 5.97 Å². The number of benzene rings is 3. The number of fused-ring (bicyclic) bond motifs is 2. The van der Waals surface area contributed by atoms with Crippen LogP contribution in [0.1, 0.15) is 56.3 Å². The van der Waals surface area contributed by atoms with E-state index in [0.29, 0.717) is 5.56 Å². The molecule has 3 nitrogen and oxygen atoms in total. The maximum atomic E-state index is 12.2. The van der Waals surface area contributed by atoms with Crippen molar-refractivity contribution in [2.45, 2.75) is 24.5 Å². The number of hydrogen-bond donors (Lipinski definition) is 0. The Hall–Kier alpha value is -2.82. The Morgan fingerprint density at radius 1 is 0.914 bits per heavy atom. The summed E-state index contributed by atoms with van der Waals surface area (Å²) < 4.78 is 5.00. The van der Waals surface area contributed by atoms with E-state index in [4.69, 9.17) is 4.74 Å². The lowest BCUT2D eigenvalue weighted by atomic mass is 9.90. The number of esters is 1. The third-order valence-corrected chi connectivity index (χ3v) is 8.54. The zero-order chi connectivity index (χ0) is 24.0. The summed E-state index contributed by atoms with van der Waals surface area (Å²) in [5.41, 5.74) is 7.02. The number of ether oxygens (including phenoxy) is 1. The fourth-order valence-corrected chi connectivity index (χ4v) is 6.66. The second-order valence-corrected chi connectivity index (χ2v) is 10.7. The highest BCUT2D eigenvalue weighted by Gasteiger charge is 2.24. The first-order valence-corrected chi connectivity index (χ1v) is 13.6. The van der Waals surface area contributed by atoms with E-state index in [1.807, 2.05) is 23.9 Å². The van der Waals surface area contributed by atoms with Gasteiger partial charge in [0.25, 0.3) is 0 Å². The van der Waals surface area contributed by atoms with Gasteiger partial charge in [-0.1, -0.05) is 72.8 Å². The number of carbonyl (C=O) groups excluding carboxylic acids is 1. The zero-order valence-corrected chi connectivity index (χ0v) is 21.2. The molecule has 1 saturated heterocycles. The molecule has 0 radical (unpaired) electrons. The molecule has 1 aliphatic heterocycles. The predicted octanol–water partition coefficient (Wildman–Crippen LogP) is 6.73. The summed E-state index contributed by atoms with van der Waals surface area (Å²) >= 11 is 1.99. The number of rotatable bonds is 7. The van der Waals surface area contributed by atoms with Crippen LogP contribution >= 0.6 is 11.8 Å². The van der Waals surface area contributed by atoms with E-state index in [1.54, 1.807) is 0 Å². The fraction of sp³-hybridized carbons (Fsp3) is 0.323. The van der Waals surface area contributed by atoms with Crippen molar-refractivity contribution in [3.63, 3.8) is 0 Å². The van der Waals surface area contributed by atoms with E-state index in [1.165, 1.54) is 67.3 Å². The van der Waals surface area contributed by atoms with Crippen LogP contribution in [0.4, 0.5) is 0 Å². The van der Waals surface area contributed by atoms with Gasteiger partial charge in [0.15, 0.2) is 0 Å². The number of likely N-dealkylation sites (tertiary alicyclic amines) is 1. The highest BCUT2D eigenvalue weighted by molar-refractivity contribution is 7.99. The molecule has 0 spiro atoms. The van der Waals surface area contributed by atoms with E-state index >= 15 is 0 Å². The largest absolute Gasteiger partial charge is 0.465 e. The molecule has 1 heterocycles. The molecule has 180 valence electrons. The monoisotopic (exact) mass is 483 g/mol. The first-order chi connectivity index (χ1) is 17.2. The highest BCUT2D eigenvalue weighted by atomic mass is 32.2. The summed E-state index contributed by atoms with van der Waals surface area (Å²) in [6, 6.07) is 25.5. The molecule has 2 aliphatic rings. The number of nitrogens with zero attached hydrogens (tertiary/aromatic N) is 1. The molecule has 5 rings (SSSR count). The lowest BCUT2D eigenvalue weighted by molar-refractivity contribution is 0.0600. The summed E-state index contributed by atoms with van der Waals surface area (Å²) in [5.74, 6) is 1.57. The smallest absolute Gasteiger partial charge is 0.337 e. The molecule has 0 bridgehead atoms. The average molecular weight is 484 g/mol. The van der Waals surface area contributed by atoms with Crippen LogP contribution in [0.3, 0.4) is 0 Å². The highest BCUT2D eigenvalue weighted by Crippen LogP contribution is 2.42. The van der Waals surface area contributed by atoms with Gasteiger partial charge < -0.3 is 9.64 Å². The van der Waals surface area contributed by atoms with Gasteiger partial charge in [0.2, 0.25) is 0 Å². The Labute approximate surface area is 213 Å². The van der Waals surface area contributed by atoms with Crippen molar-refractivity contribution in [3.8, 4) is 0 Å². The van der Waals surface area contributed by atoms with Crippen molar-refractivity contribution in [1.29, 1.82) is 0 Å². The third-order valence-electron chi connectivity index (χ3n) is 7.28. The van der Waals surface area contributed by atoms with Crippen LogP contribution in [0, 0.1) is 5.92 Å². The predicted molar refractivity (Wildman–Crippen MR) is 147 cm³/mol. The molecule has 0 aromatic heterocycles. The summed E-state index contributed by atoms with van der Waals surface area (Å²) in [6.07, 6.45) is 8.13. The molecule has 1 atom stereocenters. The van der Waals surface area contributed by atoms with Gasteiger partial charge in [0, 0.05) is 12.3 Å². The number of carbonyl (C=O) groups is 1. The summed E-state index contributed by atoms with van der Waals surface area (Å²) in [7, 11) is 1.44. The van der Waals surface area contributed by atoms with Gasteiger partial charge in [0.05, 0.1) is 17.9 Å². The molecule has 35 heavy (non-hydrogen) atoms. The summed E-state index contributed by atoms with van der Waals surface area (Å²) in [5, 5.41) is 0.191. The van der Waals surface area contributed by atoms with Crippen molar-refractivity contribution >= 4 is 29.9 Å². The molecule has 4 heteroatoms. The van der Waals surface area contributed by atoms with Crippen LogP contribution in [-0.2, 0) is 11.2 Å². The Kier molecular flexibility index (Phi) is 7.70. The molecule has 3 aromatic rings. The quantitative estimate of drug-likeness (QED) is 0.348. The Morgan fingerprint density at radius 2 is 1.63 bits per heavy atom. The maximum Gasteiger partial charge on any atom is 0.337 e. The molecule has 3 aromatic carbocycles. The Bertz CT molecular complexity index is 1180. The topological polar surface area (TPSA) is 29.5 Å². The third kappa shape index (κ3) is 5.71. The number of thioether (sulfide) groups is 1. The van der Waals surface area contributed by atoms with Gasteiger partial charge in [-0.2, -0.15) is 0 Å². The minimum Gasteiger partial charge on any atom is -0.465 e. The van der Waals surface area contributed by atoms with Crippen molar-refractivity contribution < 1.29 is 9.53 Å². The van der Waals surface area contributed by atoms with Gasteiger partial charge in [-0.25, -0.2) is 4.79 Å². The standard InChI is InChI=1S/C31H33NO2S/c1-34-31(33)27-14-13-26-12-11-25-9-5-6-10-28(25)30(29(26)22-27)35-20-19-32-17-15-24(16-18-32)21-23-7-3-2-4-8-23/h2-14,22,24,30H,15-21H2,1H3. The zero-order valence-electron chi connectivity index (χ0n) is 20.4. The molecule has 1 unspecified atom stereocenters. The second-order valence-electron chi connectivity index (χ2n) is 9.52. The van der Waals surface area contributed by atoms with Crippen molar-refractivity contribution in [1.82, 2.24) is 4.90 Å². The Balaban J connectivity index is 1.24. The number of methoxy groups -OCH3 is 1. The van der Waals surface area contributed by atoms with E-state index in [-0.39, 0.29) is 11.2 Å². The van der Waals surface area contributed by atoms with Gasteiger partial charge in [0.1, 0.15) is 0 Å². The van der Waals surface area contributed by atoms with Crippen LogP contribution in [0.2, 0.25) is 0 Å². The van der Waals surface area contributed by atoms with Crippen LogP contribution in [0.5, 0.6) is 0 Å². The molecule has 0 N–H and O–H groups in total. The second kappa shape index (κ2) is 11.3. The maximum absolute atomic E-state index is 12.2. The molecule has 0 saturated carbocycles. The molecular formula is C31H33NO2S. The van der Waals surface area contributed by atoms with Gasteiger partial charge in [-0.3, -0.25) is 0 Å². The summed E-state index contributed by atoms with van der Waals surface area (Å²) in [4.78, 5) is 14.9. The lowest BCUT2D eigenvalue weighted by Gasteiger charge is -2.32. The molecular weight excluding hydrogens is 450 g/mol. The Morgan fingerprint density at radius 3 is 2.40 bits per heavy atom. The van der Waals surface area contributed by atoms with Gasteiger partial charge in [-0.05, 0) is 78.2 Å². The average Bonchev–Trinajstić information content (AvgIpc) is 3.06. The fourth-order valence-electron chi connectivity index (χ4n) is 5.29. The minimum absolute atomic E-state index is 0.191. The van der Waals surface area contributed by atoms with E-state index in [2.05, 4.69) is 77.7 Å². The molecule has 1 fully saturated rings. The van der Waals surface area contributed by atoms with Crippen LogP contribution in [-0.4, -0.2) is 43.4 Å². The number of hydrogen-bond acceptors (Lipinski definition) is 4. The van der Waals surface area contributed by atoms with Crippen LogP contribution in [0.15, 0.2) is 72.8 Å². The van der Waals surface area contributed by atoms with Crippen LogP contribution in [0.25, 0.3) is 12.2 Å². The van der Waals surface area contributed by atoms with Gasteiger partial charge in [-0.15, -0.1) is 11.8 Å². The summed E-state index contributed by atoms with van der Waals surface area (Å²) in [6.45, 7) is 3.47. The first-order valence-electron chi connectivity index (χ1n) is 12.6. The van der Waals surface area contributed by atoms with E-state index < -0.39 is 0 Å². The first kappa shape index (κ1) is 23.9. The lowest BCUT2D eigenvalue weighted by Crippen LogP contribution is -2.35. The minimum atomic E-state index is -0.281. The molecule has 1 aliphatic carbocycles. The SMILES string of the molecule is COC(=O)c1ccc2c(c1)C(SCCN1CCC(Cc3ccccc3)CC1)c1ccccc1C=C2. The molecule has 0 amide bonds. The number of piperidine rings is 1. The van der Waals surface area contributed by atoms with Crippen molar-refractivity contribution in [3.05, 3.63) is 106 Å². The van der Waals surface area contributed by atoms with E-state index in [9.17, 15) is 4.79 Å². The normalized spacial score (nSPS) is 17.9. The van der Waals surface area contributed by atoms with Crippen molar-refractivity contribution in [2.24, 2.45) is 5.92 Å². The van der Waals surface area contributed by atoms with Crippen molar-refractivity contribution in [2.75, 3.05) is 32.5 Å².